The van der Waals surface area contributed by atoms with Gasteiger partial charge < -0.3 is 9.47 Å². The molecule has 0 bridgehead atoms. The van der Waals surface area contributed by atoms with Crippen LogP contribution in [0.2, 0.25) is 0 Å². The molecule has 0 saturated carbocycles. The summed E-state index contributed by atoms with van der Waals surface area (Å²) in [6.45, 7) is 3.17. The molecule has 0 aromatic heterocycles. The minimum Gasteiger partial charge on any atom is -0.462 e. The Morgan fingerprint density at radius 3 is 2.61 bits per heavy atom. The van der Waals surface area contributed by atoms with Gasteiger partial charge in [0.25, 0.3) is 0 Å². The first kappa shape index (κ1) is 14.1. The lowest BCUT2D eigenvalue weighted by atomic mass is 10.1. The standard InChI is InChI=1S/C12H11F3O3/c1-2-11(16)17-8-7-9-5-3-4-6-10(9)18-12(13,14)15/h2-6H,1,7-8H2. The van der Waals surface area contributed by atoms with Crippen molar-refractivity contribution in [2.75, 3.05) is 6.61 Å². The fourth-order valence-electron chi connectivity index (χ4n) is 1.26. The predicted molar refractivity (Wildman–Crippen MR) is 58.0 cm³/mol. The number of hydrogen-bond acceptors (Lipinski definition) is 3. The van der Waals surface area contributed by atoms with Crippen molar-refractivity contribution in [3.8, 4) is 5.75 Å². The average Bonchev–Trinajstić information content (AvgIpc) is 2.29. The van der Waals surface area contributed by atoms with Gasteiger partial charge in [-0.3, -0.25) is 0 Å². The molecule has 1 aromatic carbocycles. The second-order valence-electron chi connectivity index (χ2n) is 3.28. The van der Waals surface area contributed by atoms with E-state index in [0.29, 0.717) is 5.56 Å². The van der Waals surface area contributed by atoms with E-state index in [1.165, 1.54) is 18.2 Å². The summed E-state index contributed by atoms with van der Waals surface area (Å²) in [6.07, 6.45) is -3.63. The van der Waals surface area contributed by atoms with Crippen molar-refractivity contribution in [3.05, 3.63) is 42.5 Å². The molecule has 0 aliphatic heterocycles. The molecular formula is C12H11F3O3. The highest BCUT2D eigenvalue weighted by atomic mass is 19.4. The third kappa shape index (κ3) is 4.90. The molecule has 0 unspecified atom stereocenters. The van der Waals surface area contributed by atoms with E-state index >= 15 is 0 Å². The Balaban J connectivity index is 2.65. The van der Waals surface area contributed by atoms with Crippen molar-refractivity contribution in [1.29, 1.82) is 0 Å². The number of rotatable bonds is 5. The summed E-state index contributed by atoms with van der Waals surface area (Å²) in [7, 11) is 0. The summed E-state index contributed by atoms with van der Waals surface area (Å²) in [5.74, 6) is -0.913. The van der Waals surface area contributed by atoms with E-state index in [0.717, 1.165) is 6.08 Å². The summed E-state index contributed by atoms with van der Waals surface area (Å²) < 4.78 is 44.9. The Morgan fingerprint density at radius 2 is 2.00 bits per heavy atom. The highest BCUT2D eigenvalue weighted by molar-refractivity contribution is 5.81. The maximum atomic E-state index is 12.1. The Hall–Kier alpha value is -1.98. The van der Waals surface area contributed by atoms with Gasteiger partial charge in [0.15, 0.2) is 0 Å². The summed E-state index contributed by atoms with van der Waals surface area (Å²) in [4.78, 5) is 10.8. The zero-order valence-electron chi connectivity index (χ0n) is 9.37. The minimum atomic E-state index is -4.74. The molecule has 0 fully saturated rings. The van der Waals surface area contributed by atoms with Gasteiger partial charge in [-0.2, -0.15) is 0 Å². The Bertz CT molecular complexity index is 427. The van der Waals surface area contributed by atoms with Gasteiger partial charge in [-0.15, -0.1) is 13.2 Å². The second-order valence-corrected chi connectivity index (χ2v) is 3.28. The molecular weight excluding hydrogens is 249 g/mol. The van der Waals surface area contributed by atoms with Crippen LogP contribution < -0.4 is 4.74 Å². The van der Waals surface area contributed by atoms with Crippen LogP contribution in [0.5, 0.6) is 5.75 Å². The van der Waals surface area contributed by atoms with Gasteiger partial charge in [0.2, 0.25) is 0 Å². The summed E-state index contributed by atoms with van der Waals surface area (Å²) in [5, 5.41) is 0. The maximum absolute atomic E-state index is 12.1. The van der Waals surface area contributed by atoms with Crippen molar-refractivity contribution in [3.63, 3.8) is 0 Å². The molecule has 0 saturated heterocycles. The number of carbonyl (C=O) groups excluding carboxylic acids is 1. The average molecular weight is 260 g/mol. The minimum absolute atomic E-state index is 0.0386. The first-order chi connectivity index (χ1) is 8.42. The Labute approximate surface area is 102 Å². The van der Waals surface area contributed by atoms with Gasteiger partial charge in [-0.05, 0) is 11.6 Å². The summed E-state index contributed by atoms with van der Waals surface area (Å²) in [5.41, 5.74) is 0.312. The Morgan fingerprint density at radius 1 is 1.33 bits per heavy atom. The van der Waals surface area contributed by atoms with E-state index in [-0.39, 0.29) is 18.8 Å². The molecule has 0 heterocycles. The highest BCUT2D eigenvalue weighted by Crippen LogP contribution is 2.26. The van der Waals surface area contributed by atoms with Crippen LogP contribution in [0.3, 0.4) is 0 Å². The van der Waals surface area contributed by atoms with Gasteiger partial charge in [0.05, 0.1) is 6.61 Å². The quantitative estimate of drug-likeness (QED) is 0.603. The number of ether oxygens (including phenoxy) is 2. The monoisotopic (exact) mass is 260 g/mol. The smallest absolute Gasteiger partial charge is 0.462 e. The lowest BCUT2D eigenvalue weighted by Gasteiger charge is -2.12. The largest absolute Gasteiger partial charge is 0.573 e. The normalized spacial score (nSPS) is 10.8. The molecule has 1 aromatic rings. The van der Waals surface area contributed by atoms with Crippen LogP contribution in [0.15, 0.2) is 36.9 Å². The lowest BCUT2D eigenvalue weighted by molar-refractivity contribution is -0.274. The molecule has 6 heteroatoms. The zero-order valence-corrected chi connectivity index (χ0v) is 9.37. The van der Waals surface area contributed by atoms with Crippen LogP contribution in [-0.2, 0) is 16.0 Å². The van der Waals surface area contributed by atoms with Crippen molar-refractivity contribution in [2.24, 2.45) is 0 Å². The van der Waals surface area contributed by atoms with Crippen LogP contribution >= 0.6 is 0 Å². The van der Waals surface area contributed by atoms with Crippen LogP contribution in [0.4, 0.5) is 13.2 Å². The van der Waals surface area contributed by atoms with Gasteiger partial charge >= 0.3 is 12.3 Å². The number of alkyl halides is 3. The zero-order chi connectivity index (χ0) is 13.6. The van der Waals surface area contributed by atoms with Crippen molar-refractivity contribution in [2.45, 2.75) is 12.8 Å². The van der Waals surface area contributed by atoms with Crippen molar-refractivity contribution in [1.82, 2.24) is 0 Å². The van der Waals surface area contributed by atoms with E-state index in [4.69, 9.17) is 0 Å². The van der Waals surface area contributed by atoms with Crippen molar-refractivity contribution < 1.29 is 27.4 Å². The molecule has 18 heavy (non-hydrogen) atoms. The molecule has 0 aliphatic rings. The number of esters is 1. The van der Waals surface area contributed by atoms with E-state index < -0.39 is 12.3 Å². The van der Waals surface area contributed by atoms with E-state index in [9.17, 15) is 18.0 Å². The van der Waals surface area contributed by atoms with Gasteiger partial charge in [-0.25, -0.2) is 4.79 Å². The first-order valence-electron chi connectivity index (χ1n) is 5.05. The number of benzene rings is 1. The maximum Gasteiger partial charge on any atom is 0.573 e. The topological polar surface area (TPSA) is 35.5 Å². The molecule has 0 aliphatic carbocycles. The van der Waals surface area contributed by atoms with E-state index in [2.05, 4.69) is 16.1 Å². The van der Waals surface area contributed by atoms with Gasteiger partial charge in [-0.1, -0.05) is 24.8 Å². The number of carbonyl (C=O) groups is 1. The fraction of sp³-hybridized carbons (Fsp3) is 0.250. The predicted octanol–water partition coefficient (Wildman–Crippen LogP) is 2.86. The molecule has 1 rings (SSSR count). The van der Waals surface area contributed by atoms with Crippen LogP contribution in [0, 0.1) is 0 Å². The third-order valence-corrected chi connectivity index (χ3v) is 1.98. The highest BCUT2D eigenvalue weighted by Gasteiger charge is 2.31. The van der Waals surface area contributed by atoms with Gasteiger partial charge in [0, 0.05) is 12.5 Å². The number of hydrogen-bond donors (Lipinski definition) is 0. The molecule has 3 nitrogen and oxygen atoms in total. The second kappa shape index (κ2) is 6.09. The van der Waals surface area contributed by atoms with Crippen LogP contribution in [0.25, 0.3) is 0 Å². The first-order valence-corrected chi connectivity index (χ1v) is 5.05. The lowest BCUT2D eigenvalue weighted by Crippen LogP contribution is -2.18. The number of para-hydroxylation sites is 1. The molecule has 0 N–H and O–H groups in total. The van der Waals surface area contributed by atoms with E-state index in [1.807, 2.05) is 0 Å². The molecule has 98 valence electrons. The van der Waals surface area contributed by atoms with Crippen molar-refractivity contribution >= 4 is 5.97 Å². The summed E-state index contributed by atoms with van der Waals surface area (Å²) >= 11 is 0. The van der Waals surface area contributed by atoms with Crippen LogP contribution in [0.1, 0.15) is 5.56 Å². The molecule has 0 radical (unpaired) electrons. The molecule has 0 atom stereocenters. The van der Waals surface area contributed by atoms with Crippen LogP contribution in [-0.4, -0.2) is 18.9 Å². The van der Waals surface area contributed by atoms with Gasteiger partial charge in [0.1, 0.15) is 5.75 Å². The third-order valence-electron chi connectivity index (χ3n) is 1.98. The number of halogens is 3. The summed E-state index contributed by atoms with van der Waals surface area (Å²) in [6, 6.07) is 5.69. The SMILES string of the molecule is C=CC(=O)OCCc1ccccc1OC(F)(F)F. The fourth-order valence-corrected chi connectivity index (χ4v) is 1.26. The molecule has 0 spiro atoms. The molecule has 0 amide bonds. The Kier molecular flexibility index (Phi) is 4.76. The van der Waals surface area contributed by atoms with E-state index in [1.54, 1.807) is 6.07 Å².